The zero-order valence-electron chi connectivity index (χ0n) is 15.5. The summed E-state index contributed by atoms with van der Waals surface area (Å²) < 4.78 is 5.92. The summed E-state index contributed by atoms with van der Waals surface area (Å²) in [7, 11) is 0. The van der Waals surface area contributed by atoms with Gasteiger partial charge in [-0.3, -0.25) is 19.5 Å². The van der Waals surface area contributed by atoms with E-state index in [-0.39, 0.29) is 18.4 Å². The number of carbonyl (C=O) groups excluding carboxylic acids is 2. The molecule has 1 N–H and O–H groups in total. The third-order valence-corrected chi connectivity index (χ3v) is 4.02. The van der Waals surface area contributed by atoms with Gasteiger partial charge in [0.15, 0.2) is 5.75 Å². The van der Waals surface area contributed by atoms with E-state index < -0.39 is 0 Å². The van der Waals surface area contributed by atoms with Gasteiger partial charge in [-0.2, -0.15) is 0 Å². The normalized spacial score (nSPS) is 10.2. The van der Waals surface area contributed by atoms with Gasteiger partial charge in [-0.15, -0.1) is 0 Å². The molecule has 28 heavy (non-hydrogen) atoms. The molecule has 0 saturated carbocycles. The number of nitrogens with one attached hydrogen (secondary N) is 1. The van der Waals surface area contributed by atoms with Gasteiger partial charge in [-0.1, -0.05) is 36.4 Å². The van der Waals surface area contributed by atoms with Crippen molar-refractivity contribution in [3.63, 3.8) is 0 Å². The van der Waals surface area contributed by atoms with Gasteiger partial charge in [0.05, 0.1) is 5.69 Å². The van der Waals surface area contributed by atoms with E-state index in [1.165, 1.54) is 11.8 Å². The van der Waals surface area contributed by atoms with Crippen molar-refractivity contribution in [1.82, 2.24) is 10.3 Å². The van der Waals surface area contributed by atoms with Crippen molar-refractivity contribution in [2.24, 2.45) is 0 Å². The number of hydrogen-bond donors (Lipinski definition) is 1. The SMILES string of the molecule is CC(=O)N(CC(=O)NCc1cccnc1)c1ccccc1Oc1ccccc1. The molecule has 0 atom stereocenters. The van der Waals surface area contributed by atoms with Crippen molar-refractivity contribution < 1.29 is 14.3 Å². The fourth-order valence-electron chi connectivity index (χ4n) is 2.65. The topological polar surface area (TPSA) is 71.5 Å². The molecule has 0 radical (unpaired) electrons. The smallest absolute Gasteiger partial charge is 0.240 e. The molecule has 142 valence electrons. The molecule has 0 spiro atoms. The van der Waals surface area contributed by atoms with Crippen molar-refractivity contribution in [2.75, 3.05) is 11.4 Å². The molecule has 2 amide bonds. The van der Waals surface area contributed by atoms with Crippen molar-refractivity contribution >= 4 is 17.5 Å². The Morgan fingerprint density at radius 1 is 1.00 bits per heavy atom. The zero-order valence-corrected chi connectivity index (χ0v) is 15.5. The van der Waals surface area contributed by atoms with E-state index in [1.54, 1.807) is 36.7 Å². The highest BCUT2D eigenvalue weighted by Crippen LogP contribution is 2.32. The lowest BCUT2D eigenvalue weighted by molar-refractivity contribution is -0.123. The average Bonchev–Trinajstić information content (AvgIpc) is 2.72. The summed E-state index contributed by atoms with van der Waals surface area (Å²) in [6, 6.07) is 20.1. The average molecular weight is 375 g/mol. The van der Waals surface area contributed by atoms with Crippen LogP contribution in [0.25, 0.3) is 0 Å². The lowest BCUT2D eigenvalue weighted by atomic mass is 10.2. The Morgan fingerprint density at radius 2 is 1.75 bits per heavy atom. The van der Waals surface area contributed by atoms with E-state index in [4.69, 9.17) is 4.74 Å². The van der Waals surface area contributed by atoms with Crippen molar-refractivity contribution in [3.8, 4) is 11.5 Å². The lowest BCUT2D eigenvalue weighted by Crippen LogP contribution is -2.39. The van der Waals surface area contributed by atoms with Crippen LogP contribution in [0.15, 0.2) is 79.1 Å². The Hall–Kier alpha value is -3.67. The quantitative estimate of drug-likeness (QED) is 0.686. The maximum Gasteiger partial charge on any atom is 0.240 e. The highest BCUT2D eigenvalue weighted by molar-refractivity contribution is 5.98. The first-order valence-electron chi connectivity index (χ1n) is 8.89. The first-order chi connectivity index (χ1) is 13.6. The minimum Gasteiger partial charge on any atom is -0.455 e. The molecule has 0 bridgehead atoms. The standard InChI is InChI=1S/C22H21N3O3/c1-17(26)25(16-22(27)24-15-18-8-7-13-23-14-18)20-11-5-6-12-21(20)28-19-9-3-2-4-10-19/h2-14H,15-16H2,1H3,(H,24,27). The molecule has 0 aliphatic heterocycles. The number of aromatic nitrogens is 1. The fraction of sp³-hybridized carbons (Fsp3) is 0.136. The number of benzene rings is 2. The highest BCUT2D eigenvalue weighted by atomic mass is 16.5. The van der Waals surface area contributed by atoms with E-state index in [0.29, 0.717) is 23.7 Å². The van der Waals surface area contributed by atoms with Crippen LogP contribution in [-0.2, 0) is 16.1 Å². The molecule has 0 saturated heterocycles. The lowest BCUT2D eigenvalue weighted by Gasteiger charge is -2.23. The number of hydrogen-bond acceptors (Lipinski definition) is 4. The van der Waals surface area contributed by atoms with Gasteiger partial charge < -0.3 is 10.1 Å². The molecule has 0 aliphatic carbocycles. The van der Waals surface area contributed by atoms with Crippen LogP contribution in [-0.4, -0.2) is 23.3 Å². The van der Waals surface area contributed by atoms with Gasteiger partial charge >= 0.3 is 0 Å². The third-order valence-electron chi connectivity index (χ3n) is 4.02. The number of carbonyl (C=O) groups is 2. The van der Waals surface area contributed by atoms with Crippen LogP contribution in [0.4, 0.5) is 5.69 Å². The maximum atomic E-state index is 12.4. The van der Waals surface area contributed by atoms with Crippen LogP contribution in [0.1, 0.15) is 12.5 Å². The number of anilines is 1. The second-order valence-electron chi connectivity index (χ2n) is 6.13. The minimum absolute atomic E-state index is 0.106. The first-order valence-corrected chi connectivity index (χ1v) is 8.89. The number of pyridine rings is 1. The van der Waals surface area contributed by atoms with Crippen LogP contribution >= 0.6 is 0 Å². The highest BCUT2D eigenvalue weighted by Gasteiger charge is 2.19. The number of nitrogens with zero attached hydrogens (tertiary/aromatic N) is 2. The summed E-state index contributed by atoms with van der Waals surface area (Å²) in [5, 5.41) is 2.81. The predicted octanol–water partition coefficient (Wildman–Crippen LogP) is 3.54. The molecule has 0 aliphatic rings. The summed E-state index contributed by atoms with van der Waals surface area (Å²) in [4.78, 5) is 30.1. The van der Waals surface area contributed by atoms with Crippen LogP contribution in [0.3, 0.4) is 0 Å². The second-order valence-corrected chi connectivity index (χ2v) is 6.13. The molecule has 3 rings (SSSR count). The Balaban J connectivity index is 1.73. The molecule has 3 aromatic rings. The summed E-state index contributed by atoms with van der Waals surface area (Å²) in [6.07, 6.45) is 3.36. The van der Waals surface area contributed by atoms with Gasteiger partial charge in [-0.05, 0) is 35.9 Å². The van der Waals surface area contributed by atoms with Crippen LogP contribution in [0.5, 0.6) is 11.5 Å². The monoisotopic (exact) mass is 375 g/mol. The van der Waals surface area contributed by atoms with Crippen LogP contribution in [0, 0.1) is 0 Å². The molecule has 0 fully saturated rings. The third kappa shape index (κ3) is 5.17. The number of para-hydroxylation sites is 3. The molecular weight excluding hydrogens is 354 g/mol. The van der Waals surface area contributed by atoms with E-state index in [9.17, 15) is 9.59 Å². The van der Waals surface area contributed by atoms with Crippen LogP contribution < -0.4 is 15.0 Å². The molecule has 2 aromatic carbocycles. The van der Waals surface area contributed by atoms with Gasteiger partial charge in [0.25, 0.3) is 0 Å². The summed E-state index contributed by atoms with van der Waals surface area (Å²) in [5.41, 5.74) is 1.42. The van der Waals surface area contributed by atoms with E-state index in [0.717, 1.165) is 5.56 Å². The van der Waals surface area contributed by atoms with E-state index in [1.807, 2.05) is 42.5 Å². The number of ether oxygens (including phenoxy) is 1. The Bertz CT molecular complexity index is 930. The number of rotatable bonds is 7. The van der Waals surface area contributed by atoms with Gasteiger partial charge in [0.1, 0.15) is 12.3 Å². The fourth-order valence-corrected chi connectivity index (χ4v) is 2.65. The molecule has 0 unspecified atom stereocenters. The molecule has 1 heterocycles. The maximum absolute atomic E-state index is 12.4. The second kappa shape index (κ2) is 9.32. The van der Waals surface area contributed by atoms with Gasteiger partial charge in [-0.25, -0.2) is 0 Å². The van der Waals surface area contributed by atoms with Crippen molar-refractivity contribution in [2.45, 2.75) is 13.5 Å². The summed E-state index contributed by atoms with van der Waals surface area (Å²) in [5.74, 6) is 0.637. The zero-order chi connectivity index (χ0) is 19.8. The van der Waals surface area contributed by atoms with Crippen molar-refractivity contribution in [3.05, 3.63) is 84.7 Å². The van der Waals surface area contributed by atoms with E-state index >= 15 is 0 Å². The van der Waals surface area contributed by atoms with E-state index in [2.05, 4.69) is 10.3 Å². The molecule has 6 nitrogen and oxygen atoms in total. The first kappa shape index (κ1) is 19.1. The Morgan fingerprint density at radius 3 is 2.46 bits per heavy atom. The van der Waals surface area contributed by atoms with Gasteiger partial charge in [0.2, 0.25) is 11.8 Å². The molecule has 1 aromatic heterocycles. The summed E-state index contributed by atoms with van der Waals surface area (Å²) in [6.45, 7) is 1.67. The Kier molecular flexibility index (Phi) is 6.36. The number of amides is 2. The predicted molar refractivity (Wildman–Crippen MR) is 107 cm³/mol. The Labute approximate surface area is 163 Å². The van der Waals surface area contributed by atoms with Crippen molar-refractivity contribution in [1.29, 1.82) is 0 Å². The minimum atomic E-state index is -0.270. The molecule has 6 heteroatoms. The molecular formula is C22H21N3O3. The largest absolute Gasteiger partial charge is 0.455 e. The van der Waals surface area contributed by atoms with Crippen LogP contribution in [0.2, 0.25) is 0 Å². The summed E-state index contributed by atoms with van der Waals surface area (Å²) >= 11 is 0. The van der Waals surface area contributed by atoms with Gasteiger partial charge in [0, 0.05) is 25.9 Å².